The van der Waals surface area contributed by atoms with Crippen LogP contribution in [0, 0.1) is 0 Å². The van der Waals surface area contributed by atoms with Crippen molar-refractivity contribution in [2.24, 2.45) is 0 Å². The highest BCUT2D eigenvalue weighted by Crippen LogP contribution is 2.30. The average Bonchev–Trinajstić information content (AvgIpc) is 2.94. The summed E-state index contributed by atoms with van der Waals surface area (Å²) < 4.78 is 32.0. The number of amides is 2. The van der Waals surface area contributed by atoms with Crippen LogP contribution in [0.5, 0.6) is 5.75 Å². The summed E-state index contributed by atoms with van der Waals surface area (Å²) in [5.41, 5.74) is 1.80. The van der Waals surface area contributed by atoms with Crippen molar-refractivity contribution in [1.82, 2.24) is 10.2 Å². The summed E-state index contributed by atoms with van der Waals surface area (Å²) >= 11 is 12.4. The highest BCUT2D eigenvalue weighted by Gasteiger charge is 2.33. The minimum atomic E-state index is -3.92. The van der Waals surface area contributed by atoms with E-state index in [1.807, 2.05) is 37.3 Å². The van der Waals surface area contributed by atoms with Gasteiger partial charge in [0.05, 0.1) is 24.1 Å². The molecule has 1 N–H and O–H groups in total. The van der Waals surface area contributed by atoms with Crippen LogP contribution in [0.4, 0.5) is 5.69 Å². The van der Waals surface area contributed by atoms with Gasteiger partial charge in [-0.3, -0.25) is 13.9 Å². The predicted molar refractivity (Wildman–Crippen MR) is 164 cm³/mol. The minimum Gasteiger partial charge on any atom is -0.495 e. The molecule has 0 aliphatic rings. The molecule has 0 spiro atoms. The SMILES string of the molecule is CCCCNC(=O)C(Cc1ccccc1)N(Cc1ccc(Cl)cc1)C(=O)CN(c1ccc(OC)c(Cl)c1)S(C)(=O)=O. The summed E-state index contributed by atoms with van der Waals surface area (Å²) in [6.07, 6.45) is 2.94. The predicted octanol–water partition coefficient (Wildman–Crippen LogP) is 5.32. The van der Waals surface area contributed by atoms with E-state index in [2.05, 4.69) is 5.32 Å². The largest absolute Gasteiger partial charge is 0.495 e. The quantitative estimate of drug-likeness (QED) is 0.246. The van der Waals surface area contributed by atoms with Crippen LogP contribution in [0.15, 0.2) is 72.8 Å². The molecule has 1 unspecified atom stereocenters. The summed E-state index contributed by atoms with van der Waals surface area (Å²) in [7, 11) is -2.47. The van der Waals surface area contributed by atoms with E-state index in [4.69, 9.17) is 27.9 Å². The van der Waals surface area contributed by atoms with E-state index in [0.29, 0.717) is 17.3 Å². The van der Waals surface area contributed by atoms with Crippen LogP contribution in [0.3, 0.4) is 0 Å². The van der Waals surface area contributed by atoms with Gasteiger partial charge < -0.3 is 15.0 Å². The lowest BCUT2D eigenvalue weighted by Crippen LogP contribution is -2.53. The molecule has 2 amide bonds. The van der Waals surface area contributed by atoms with E-state index in [-0.39, 0.29) is 29.6 Å². The Hall–Kier alpha value is -3.27. The Kier molecular flexibility index (Phi) is 11.9. The number of halogens is 2. The molecule has 0 aromatic heterocycles. The zero-order valence-corrected chi connectivity index (χ0v) is 25.7. The molecule has 0 heterocycles. The number of benzene rings is 3. The number of carbonyl (C=O) groups excluding carboxylic acids is 2. The number of anilines is 1. The first-order valence-electron chi connectivity index (χ1n) is 13.2. The molecular formula is C30H35Cl2N3O5S. The molecule has 3 rings (SSSR count). The first-order valence-corrected chi connectivity index (χ1v) is 15.8. The van der Waals surface area contributed by atoms with E-state index in [9.17, 15) is 18.0 Å². The molecule has 0 aliphatic carbocycles. The van der Waals surface area contributed by atoms with Crippen molar-refractivity contribution in [3.8, 4) is 5.75 Å². The van der Waals surface area contributed by atoms with E-state index >= 15 is 0 Å². The van der Waals surface area contributed by atoms with Gasteiger partial charge in [0.25, 0.3) is 0 Å². The molecule has 0 saturated heterocycles. The van der Waals surface area contributed by atoms with Gasteiger partial charge in [0.2, 0.25) is 21.8 Å². The third-order valence-electron chi connectivity index (χ3n) is 6.47. The standard InChI is InChI=1S/C30H35Cl2N3O5S/c1-4-5-17-33-30(37)27(18-22-9-7-6-8-10-22)34(20-23-11-13-24(31)14-12-23)29(36)21-35(41(3,38)39)25-15-16-28(40-2)26(32)19-25/h6-16,19,27H,4-5,17-18,20-21H2,1-3H3,(H,33,37). The lowest BCUT2D eigenvalue weighted by atomic mass is 10.0. The van der Waals surface area contributed by atoms with Crippen LogP contribution < -0.4 is 14.4 Å². The van der Waals surface area contributed by atoms with Crippen LogP contribution >= 0.6 is 23.2 Å². The van der Waals surface area contributed by atoms with Gasteiger partial charge in [-0.1, -0.05) is 79.0 Å². The van der Waals surface area contributed by atoms with Crippen molar-refractivity contribution in [2.75, 3.05) is 30.8 Å². The van der Waals surface area contributed by atoms with Crippen LogP contribution in [0.1, 0.15) is 30.9 Å². The van der Waals surface area contributed by atoms with E-state index < -0.39 is 28.5 Å². The van der Waals surface area contributed by atoms with Crippen molar-refractivity contribution in [3.05, 3.63) is 94.0 Å². The van der Waals surface area contributed by atoms with Crippen molar-refractivity contribution in [1.29, 1.82) is 0 Å². The maximum absolute atomic E-state index is 14.1. The zero-order chi connectivity index (χ0) is 30.0. The maximum atomic E-state index is 14.1. The molecule has 0 aliphatic heterocycles. The monoisotopic (exact) mass is 619 g/mol. The highest BCUT2D eigenvalue weighted by molar-refractivity contribution is 7.92. The molecule has 220 valence electrons. The summed E-state index contributed by atoms with van der Waals surface area (Å²) in [5, 5.41) is 3.68. The number of methoxy groups -OCH3 is 1. The molecule has 41 heavy (non-hydrogen) atoms. The van der Waals surface area contributed by atoms with Gasteiger partial charge in [-0.25, -0.2) is 8.42 Å². The lowest BCUT2D eigenvalue weighted by molar-refractivity contribution is -0.140. The molecular weight excluding hydrogens is 585 g/mol. The topological polar surface area (TPSA) is 96.0 Å². The first-order chi connectivity index (χ1) is 19.5. The number of hydrogen-bond acceptors (Lipinski definition) is 5. The fourth-order valence-electron chi connectivity index (χ4n) is 4.27. The molecule has 11 heteroatoms. The van der Waals surface area contributed by atoms with Crippen LogP contribution in [0.25, 0.3) is 0 Å². The number of nitrogens with one attached hydrogen (secondary N) is 1. The Bertz CT molecular complexity index is 1420. The molecule has 0 fully saturated rings. The van der Waals surface area contributed by atoms with Crippen LogP contribution in [-0.2, 0) is 32.6 Å². The Morgan fingerprint density at radius 1 is 0.976 bits per heavy atom. The zero-order valence-electron chi connectivity index (χ0n) is 23.3. The van der Waals surface area contributed by atoms with Gasteiger partial charge in [-0.2, -0.15) is 0 Å². The number of hydrogen-bond donors (Lipinski definition) is 1. The fraction of sp³-hybridized carbons (Fsp3) is 0.333. The Labute approximate surface area is 252 Å². The Balaban J connectivity index is 2.04. The number of nitrogens with zero attached hydrogens (tertiary/aromatic N) is 2. The molecule has 1 atom stereocenters. The van der Waals surface area contributed by atoms with E-state index in [1.54, 1.807) is 24.3 Å². The van der Waals surface area contributed by atoms with Gasteiger partial charge in [0.15, 0.2) is 0 Å². The number of unbranched alkanes of at least 4 members (excludes halogenated alkanes) is 1. The molecule has 3 aromatic rings. The summed E-state index contributed by atoms with van der Waals surface area (Å²) in [4.78, 5) is 29.1. The normalized spacial score (nSPS) is 11.9. The second-order valence-corrected chi connectivity index (χ2v) is 12.3. The van der Waals surface area contributed by atoms with E-state index in [1.165, 1.54) is 30.2 Å². The second kappa shape index (κ2) is 15.1. The fourth-order valence-corrected chi connectivity index (χ4v) is 5.49. The Morgan fingerprint density at radius 2 is 1.66 bits per heavy atom. The van der Waals surface area contributed by atoms with Gasteiger partial charge >= 0.3 is 0 Å². The Morgan fingerprint density at radius 3 is 2.24 bits per heavy atom. The van der Waals surface area contributed by atoms with Crippen LogP contribution in [-0.4, -0.2) is 57.6 Å². The number of sulfonamides is 1. The summed E-state index contributed by atoms with van der Waals surface area (Å²) in [6.45, 7) is 2.01. The van der Waals surface area contributed by atoms with Crippen molar-refractivity contribution in [2.45, 2.75) is 38.8 Å². The first kappa shape index (κ1) is 32.2. The van der Waals surface area contributed by atoms with Gasteiger partial charge in [0, 0.05) is 24.5 Å². The third-order valence-corrected chi connectivity index (χ3v) is 8.16. The van der Waals surface area contributed by atoms with Gasteiger partial charge in [-0.15, -0.1) is 0 Å². The van der Waals surface area contributed by atoms with Crippen molar-refractivity contribution in [3.63, 3.8) is 0 Å². The van der Waals surface area contributed by atoms with Crippen molar-refractivity contribution < 1.29 is 22.7 Å². The molecule has 8 nitrogen and oxygen atoms in total. The van der Waals surface area contributed by atoms with E-state index in [0.717, 1.165) is 34.5 Å². The molecule has 0 radical (unpaired) electrons. The minimum absolute atomic E-state index is 0.0651. The second-order valence-electron chi connectivity index (χ2n) is 9.59. The molecule has 0 saturated carbocycles. The van der Waals surface area contributed by atoms with Gasteiger partial charge in [-0.05, 0) is 47.9 Å². The third kappa shape index (κ3) is 9.38. The lowest BCUT2D eigenvalue weighted by Gasteiger charge is -2.33. The van der Waals surface area contributed by atoms with Crippen molar-refractivity contribution >= 4 is 50.7 Å². The highest BCUT2D eigenvalue weighted by atomic mass is 35.5. The van der Waals surface area contributed by atoms with Gasteiger partial charge in [0.1, 0.15) is 18.3 Å². The summed E-state index contributed by atoms with van der Waals surface area (Å²) in [6, 6.07) is 19.9. The average molecular weight is 621 g/mol. The molecule has 3 aromatic carbocycles. The number of carbonyl (C=O) groups is 2. The maximum Gasteiger partial charge on any atom is 0.244 e. The summed E-state index contributed by atoms with van der Waals surface area (Å²) in [5.74, 6) is -0.502. The molecule has 0 bridgehead atoms. The number of ether oxygens (including phenoxy) is 1. The number of rotatable bonds is 14. The smallest absolute Gasteiger partial charge is 0.244 e. The van der Waals surface area contributed by atoms with Crippen LogP contribution in [0.2, 0.25) is 10.0 Å².